The van der Waals surface area contributed by atoms with Crippen LogP contribution in [0.4, 0.5) is 4.79 Å². The number of hydrogen-bond donors (Lipinski definition) is 4. The van der Waals surface area contributed by atoms with Gasteiger partial charge in [-0.25, -0.2) is 9.59 Å². The van der Waals surface area contributed by atoms with E-state index in [2.05, 4.69) is 5.32 Å². The Bertz CT molecular complexity index is 1070. The Kier molecular flexibility index (Phi) is 5.94. The van der Waals surface area contributed by atoms with Crippen LogP contribution >= 0.6 is 0 Å². The van der Waals surface area contributed by atoms with Crippen molar-refractivity contribution in [1.29, 1.82) is 0 Å². The molecule has 0 heterocycles. The monoisotopic (exact) mass is 394 g/mol. The molecule has 0 spiro atoms. The van der Waals surface area contributed by atoms with Crippen molar-refractivity contribution in [3.8, 4) is 11.5 Å². The molecule has 0 aromatic heterocycles. The van der Waals surface area contributed by atoms with Crippen molar-refractivity contribution >= 4 is 28.7 Å². The molecule has 0 saturated carbocycles. The molecule has 3 aromatic carbocycles. The number of amides is 3. The van der Waals surface area contributed by atoms with Gasteiger partial charge in [-0.2, -0.15) is 0 Å². The summed E-state index contributed by atoms with van der Waals surface area (Å²) in [7, 11) is 0. The Morgan fingerprint density at radius 1 is 0.897 bits per heavy atom. The van der Waals surface area contributed by atoms with E-state index in [1.54, 1.807) is 18.2 Å². The number of imide groups is 1. The molecule has 8 heteroatoms. The number of benzene rings is 3. The van der Waals surface area contributed by atoms with Crippen molar-refractivity contribution in [3.05, 3.63) is 71.8 Å². The van der Waals surface area contributed by atoms with Crippen LogP contribution in [0.15, 0.2) is 60.7 Å². The number of carbonyl (C=O) groups is 3. The number of hydrogen-bond acceptors (Lipinski definition) is 6. The largest absolute Gasteiger partial charge is 0.507 e. The van der Waals surface area contributed by atoms with Crippen LogP contribution in [0.1, 0.15) is 15.9 Å². The van der Waals surface area contributed by atoms with Gasteiger partial charge in [0.15, 0.2) is 6.61 Å². The SMILES string of the molecule is O=C(COC(=O)c1cc(O)c2ccccc2c1O)NC(=O)NCc1ccccc1. The summed E-state index contributed by atoms with van der Waals surface area (Å²) in [6, 6.07) is 15.9. The standard InChI is InChI=1S/C21H18N2O6/c24-17-10-16(19(26)15-9-5-4-8-14(15)17)20(27)29-12-18(25)23-21(28)22-11-13-6-2-1-3-7-13/h1-10,24,26H,11-12H2,(H2,22,23,25,28). The first kappa shape index (κ1) is 19.7. The van der Waals surface area contributed by atoms with E-state index in [0.717, 1.165) is 11.6 Å². The Morgan fingerprint density at radius 2 is 1.55 bits per heavy atom. The normalized spacial score (nSPS) is 10.3. The lowest BCUT2D eigenvalue weighted by Gasteiger charge is -2.10. The maximum absolute atomic E-state index is 12.2. The first-order chi connectivity index (χ1) is 14.0. The molecule has 0 saturated heterocycles. The summed E-state index contributed by atoms with van der Waals surface area (Å²) >= 11 is 0. The van der Waals surface area contributed by atoms with Gasteiger partial charge in [0, 0.05) is 17.3 Å². The van der Waals surface area contributed by atoms with Crippen molar-refractivity contribution in [2.75, 3.05) is 6.61 Å². The van der Waals surface area contributed by atoms with E-state index in [1.807, 2.05) is 35.6 Å². The lowest BCUT2D eigenvalue weighted by Crippen LogP contribution is -2.41. The summed E-state index contributed by atoms with van der Waals surface area (Å²) in [5.74, 6) is -2.43. The van der Waals surface area contributed by atoms with E-state index in [4.69, 9.17) is 4.74 Å². The summed E-state index contributed by atoms with van der Waals surface area (Å²) in [5.41, 5.74) is 0.565. The Labute approximate surface area is 165 Å². The number of aromatic hydroxyl groups is 2. The van der Waals surface area contributed by atoms with Gasteiger partial charge in [-0.15, -0.1) is 0 Å². The van der Waals surface area contributed by atoms with Crippen LogP contribution in [0.3, 0.4) is 0 Å². The second-order valence-electron chi connectivity index (χ2n) is 6.13. The number of esters is 1. The topological polar surface area (TPSA) is 125 Å². The highest BCUT2D eigenvalue weighted by Crippen LogP contribution is 2.35. The number of carbonyl (C=O) groups excluding carboxylic acids is 3. The summed E-state index contributed by atoms with van der Waals surface area (Å²) in [4.78, 5) is 35.7. The molecule has 3 aromatic rings. The summed E-state index contributed by atoms with van der Waals surface area (Å²) in [5, 5.41) is 25.5. The maximum Gasteiger partial charge on any atom is 0.342 e. The van der Waals surface area contributed by atoms with Gasteiger partial charge in [0.25, 0.3) is 5.91 Å². The van der Waals surface area contributed by atoms with E-state index in [0.29, 0.717) is 5.39 Å². The summed E-state index contributed by atoms with van der Waals surface area (Å²) in [6.07, 6.45) is 0. The quantitative estimate of drug-likeness (QED) is 0.389. The fourth-order valence-electron chi connectivity index (χ4n) is 2.69. The zero-order valence-corrected chi connectivity index (χ0v) is 15.2. The average Bonchev–Trinajstić information content (AvgIpc) is 2.74. The van der Waals surface area contributed by atoms with Gasteiger partial charge in [-0.05, 0) is 11.6 Å². The Balaban J connectivity index is 1.55. The van der Waals surface area contributed by atoms with E-state index < -0.39 is 24.5 Å². The first-order valence-electron chi connectivity index (χ1n) is 8.68. The highest BCUT2D eigenvalue weighted by atomic mass is 16.5. The zero-order chi connectivity index (χ0) is 20.8. The van der Waals surface area contributed by atoms with Crippen LogP contribution < -0.4 is 10.6 Å². The number of urea groups is 1. The third-order valence-electron chi connectivity index (χ3n) is 4.10. The third-order valence-corrected chi connectivity index (χ3v) is 4.10. The van der Waals surface area contributed by atoms with Crippen molar-refractivity contribution in [1.82, 2.24) is 10.6 Å². The number of fused-ring (bicyclic) bond motifs is 1. The molecule has 3 rings (SSSR count). The van der Waals surface area contributed by atoms with Crippen LogP contribution in [-0.4, -0.2) is 34.7 Å². The molecule has 0 aliphatic heterocycles. The third kappa shape index (κ3) is 4.81. The predicted molar refractivity (Wildman–Crippen MR) is 104 cm³/mol. The van der Waals surface area contributed by atoms with Crippen LogP contribution in [-0.2, 0) is 16.1 Å². The Hall–Kier alpha value is -4.07. The summed E-state index contributed by atoms with van der Waals surface area (Å²) in [6.45, 7) is -0.505. The average molecular weight is 394 g/mol. The number of rotatable bonds is 5. The van der Waals surface area contributed by atoms with E-state index in [9.17, 15) is 24.6 Å². The number of nitrogens with one attached hydrogen (secondary N) is 2. The number of phenolic OH excluding ortho intramolecular Hbond substituents is 2. The molecule has 0 aliphatic carbocycles. The minimum Gasteiger partial charge on any atom is -0.507 e. The molecule has 0 unspecified atom stereocenters. The lowest BCUT2D eigenvalue weighted by molar-refractivity contribution is -0.123. The van der Waals surface area contributed by atoms with Crippen molar-refractivity contribution < 1.29 is 29.3 Å². The zero-order valence-electron chi connectivity index (χ0n) is 15.2. The fraction of sp³-hybridized carbons (Fsp3) is 0.0952. The van der Waals surface area contributed by atoms with Crippen LogP contribution in [0, 0.1) is 0 Å². The van der Waals surface area contributed by atoms with E-state index >= 15 is 0 Å². The minimum atomic E-state index is -1.01. The smallest absolute Gasteiger partial charge is 0.342 e. The van der Waals surface area contributed by atoms with Crippen LogP contribution in [0.2, 0.25) is 0 Å². The van der Waals surface area contributed by atoms with Gasteiger partial charge in [0.2, 0.25) is 0 Å². The molecule has 29 heavy (non-hydrogen) atoms. The molecule has 8 nitrogen and oxygen atoms in total. The molecular weight excluding hydrogens is 376 g/mol. The van der Waals surface area contributed by atoms with Gasteiger partial charge in [0.1, 0.15) is 17.1 Å². The highest BCUT2D eigenvalue weighted by Gasteiger charge is 2.19. The predicted octanol–water partition coefficient (Wildman–Crippen LogP) is 2.43. The molecule has 148 valence electrons. The molecule has 0 radical (unpaired) electrons. The second kappa shape index (κ2) is 8.75. The lowest BCUT2D eigenvalue weighted by atomic mass is 10.0. The maximum atomic E-state index is 12.2. The molecule has 3 amide bonds. The van der Waals surface area contributed by atoms with Gasteiger partial charge in [-0.1, -0.05) is 54.6 Å². The van der Waals surface area contributed by atoms with Crippen LogP contribution in [0.5, 0.6) is 11.5 Å². The fourth-order valence-corrected chi connectivity index (χ4v) is 2.69. The van der Waals surface area contributed by atoms with Gasteiger partial charge in [0.05, 0.1) is 0 Å². The van der Waals surface area contributed by atoms with Crippen molar-refractivity contribution in [3.63, 3.8) is 0 Å². The molecule has 0 aliphatic rings. The van der Waals surface area contributed by atoms with Gasteiger partial charge in [-0.3, -0.25) is 10.1 Å². The molecule has 0 bridgehead atoms. The molecule has 4 N–H and O–H groups in total. The van der Waals surface area contributed by atoms with E-state index in [-0.39, 0.29) is 29.0 Å². The van der Waals surface area contributed by atoms with E-state index in [1.165, 1.54) is 6.07 Å². The number of ether oxygens (including phenoxy) is 1. The van der Waals surface area contributed by atoms with Gasteiger partial charge >= 0.3 is 12.0 Å². The van der Waals surface area contributed by atoms with Crippen molar-refractivity contribution in [2.45, 2.75) is 6.54 Å². The molecule has 0 fully saturated rings. The van der Waals surface area contributed by atoms with Crippen LogP contribution in [0.25, 0.3) is 10.8 Å². The Morgan fingerprint density at radius 3 is 2.28 bits per heavy atom. The van der Waals surface area contributed by atoms with Gasteiger partial charge < -0.3 is 20.3 Å². The first-order valence-corrected chi connectivity index (χ1v) is 8.68. The number of phenols is 2. The minimum absolute atomic E-state index is 0.213. The second-order valence-corrected chi connectivity index (χ2v) is 6.13. The molecular formula is C21H18N2O6. The molecule has 0 atom stereocenters. The highest BCUT2D eigenvalue weighted by molar-refractivity contribution is 6.04. The summed E-state index contributed by atoms with van der Waals surface area (Å²) < 4.78 is 4.84. The van der Waals surface area contributed by atoms with Crippen molar-refractivity contribution in [2.24, 2.45) is 0 Å².